The van der Waals surface area contributed by atoms with E-state index in [1.165, 1.54) is 12.2 Å². The summed E-state index contributed by atoms with van der Waals surface area (Å²) in [6, 6.07) is 0. The fourth-order valence-corrected chi connectivity index (χ4v) is 3.37. The number of thioether (sulfide) groups is 1. The Bertz CT molecular complexity index is 206. The lowest BCUT2D eigenvalue weighted by Gasteiger charge is -2.20. The van der Waals surface area contributed by atoms with Gasteiger partial charge in [0, 0.05) is 5.92 Å². The Morgan fingerprint density at radius 2 is 2.25 bits per heavy atom. The van der Waals surface area contributed by atoms with E-state index in [2.05, 4.69) is 13.8 Å². The van der Waals surface area contributed by atoms with Gasteiger partial charge in [0.2, 0.25) is 0 Å². The third-order valence-electron chi connectivity index (χ3n) is 3.19. The van der Waals surface area contributed by atoms with Gasteiger partial charge in [-0.1, -0.05) is 6.92 Å². The summed E-state index contributed by atoms with van der Waals surface area (Å²) in [5.41, 5.74) is 0. The van der Waals surface area contributed by atoms with Crippen molar-refractivity contribution in [1.82, 2.24) is 0 Å². The number of ketones is 1. The SMILES string of the molecule is CC1CC1C(=O)C1(C)CCCS1. The van der Waals surface area contributed by atoms with Crippen LogP contribution in [0.1, 0.15) is 33.1 Å². The molecule has 1 saturated heterocycles. The minimum atomic E-state index is -0.00454. The Morgan fingerprint density at radius 1 is 1.58 bits per heavy atom. The molecule has 0 amide bonds. The maximum absolute atomic E-state index is 11.9. The molecule has 2 rings (SSSR count). The van der Waals surface area contributed by atoms with Gasteiger partial charge in [0.05, 0.1) is 4.75 Å². The van der Waals surface area contributed by atoms with Crippen LogP contribution in [-0.4, -0.2) is 16.3 Å². The van der Waals surface area contributed by atoms with Gasteiger partial charge in [0.1, 0.15) is 0 Å². The summed E-state index contributed by atoms with van der Waals surface area (Å²) < 4.78 is -0.00454. The van der Waals surface area contributed by atoms with Crippen molar-refractivity contribution in [2.75, 3.05) is 5.75 Å². The number of hydrogen-bond donors (Lipinski definition) is 0. The molecule has 0 radical (unpaired) electrons. The van der Waals surface area contributed by atoms with E-state index >= 15 is 0 Å². The van der Waals surface area contributed by atoms with Crippen LogP contribution in [0, 0.1) is 11.8 Å². The van der Waals surface area contributed by atoms with E-state index in [1.54, 1.807) is 0 Å². The van der Waals surface area contributed by atoms with Gasteiger partial charge in [0.25, 0.3) is 0 Å². The normalized spacial score (nSPS) is 46.2. The first-order chi connectivity index (χ1) is 5.63. The Balaban J connectivity index is 2.03. The second-order valence-corrected chi connectivity index (χ2v) is 5.96. The summed E-state index contributed by atoms with van der Waals surface area (Å²) in [4.78, 5) is 11.9. The lowest BCUT2D eigenvalue weighted by atomic mass is 9.96. The van der Waals surface area contributed by atoms with E-state index in [-0.39, 0.29) is 4.75 Å². The minimum Gasteiger partial charge on any atom is -0.298 e. The smallest absolute Gasteiger partial charge is 0.151 e. The summed E-state index contributed by atoms with van der Waals surface area (Å²) in [5, 5.41) is 0. The highest BCUT2D eigenvalue weighted by atomic mass is 32.2. The Morgan fingerprint density at radius 3 is 2.67 bits per heavy atom. The predicted molar refractivity (Wildman–Crippen MR) is 52.4 cm³/mol. The van der Waals surface area contributed by atoms with Crippen LogP contribution in [-0.2, 0) is 4.79 Å². The van der Waals surface area contributed by atoms with E-state index in [0.717, 1.165) is 12.8 Å². The van der Waals surface area contributed by atoms with Crippen molar-refractivity contribution in [3.63, 3.8) is 0 Å². The van der Waals surface area contributed by atoms with Gasteiger partial charge in [0.15, 0.2) is 5.78 Å². The quantitative estimate of drug-likeness (QED) is 0.656. The highest BCUT2D eigenvalue weighted by Gasteiger charge is 2.48. The average molecular weight is 184 g/mol. The first-order valence-electron chi connectivity index (χ1n) is 4.82. The number of hydrogen-bond acceptors (Lipinski definition) is 2. The summed E-state index contributed by atoms with van der Waals surface area (Å²) >= 11 is 1.87. The molecule has 0 aromatic rings. The highest BCUT2D eigenvalue weighted by Crippen LogP contribution is 2.48. The van der Waals surface area contributed by atoms with Crippen LogP contribution in [0.25, 0.3) is 0 Å². The molecule has 3 atom stereocenters. The summed E-state index contributed by atoms with van der Waals surface area (Å²) in [6.07, 6.45) is 3.49. The third-order valence-corrected chi connectivity index (χ3v) is 4.72. The molecule has 0 N–H and O–H groups in total. The lowest BCUT2D eigenvalue weighted by molar-refractivity contribution is -0.122. The molecule has 2 fully saturated rings. The zero-order valence-electron chi connectivity index (χ0n) is 7.80. The fraction of sp³-hybridized carbons (Fsp3) is 0.900. The molecule has 0 bridgehead atoms. The van der Waals surface area contributed by atoms with E-state index in [4.69, 9.17) is 0 Å². The Kier molecular flexibility index (Phi) is 1.98. The van der Waals surface area contributed by atoms with Crippen molar-refractivity contribution >= 4 is 17.5 Å². The number of carbonyl (C=O) groups excluding carboxylic acids is 1. The van der Waals surface area contributed by atoms with Crippen molar-refractivity contribution in [1.29, 1.82) is 0 Å². The monoisotopic (exact) mass is 184 g/mol. The molecule has 12 heavy (non-hydrogen) atoms. The first kappa shape index (κ1) is 8.61. The highest BCUT2D eigenvalue weighted by molar-refractivity contribution is 8.01. The van der Waals surface area contributed by atoms with Crippen LogP contribution in [0.15, 0.2) is 0 Å². The van der Waals surface area contributed by atoms with Gasteiger partial charge in [-0.15, -0.1) is 11.8 Å². The van der Waals surface area contributed by atoms with Crippen molar-refractivity contribution in [2.45, 2.75) is 37.9 Å². The van der Waals surface area contributed by atoms with Crippen LogP contribution in [0.2, 0.25) is 0 Å². The van der Waals surface area contributed by atoms with Gasteiger partial charge < -0.3 is 0 Å². The molecule has 3 unspecified atom stereocenters. The maximum Gasteiger partial charge on any atom is 0.151 e. The molecule has 0 spiro atoms. The molecule has 1 aliphatic heterocycles. The molecule has 1 heterocycles. The van der Waals surface area contributed by atoms with Crippen LogP contribution in [0.3, 0.4) is 0 Å². The zero-order valence-corrected chi connectivity index (χ0v) is 8.62. The second-order valence-electron chi connectivity index (χ2n) is 4.37. The van der Waals surface area contributed by atoms with Crippen molar-refractivity contribution in [3.8, 4) is 0 Å². The molecule has 0 aromatic heterocycles. The third kappa shape index (κ3) is 1.30. The van der Waals surface area contributed by atoms with Gasteiger partial charge in [-0.2, -0.15) is 0 Å². The molecular weight excluding hydrogens is 168 g/mol. The number of rotatable bonds is 2. The standard InChI is InChI=1S/C10H16OS/c1-7-6-8(7)9(11)10(2)4-3-5-12-10/h7-8H,3-6H2,1-2H3. The lowest BCUT2D eigenvalue weighted by Crippen LogP contribution is -2.30. The van der Waals surface area contributed by atoms with Gasteiger partial charge in [-0.3, -0.25) is 4.79 Å². The molecule has 2 aliphatic rings. The fourth-order valence-electron chi connectivity index (χ4n) is 2.05. The molecule has 0 aromatic carbocycles. The van der Waals surface area contributed by atoms with Crippen molar-refractivity contribution in [3.05, 3.63) is 0 Å². The molecule has 68 valence electrons. The average Bonchev–Trinajstić information content (AvgIpc) is 2.57. The Labute approximate surface area is 78.3 Å². The largest absolute Gasteiger partial charge is 0.298 e. The number of carbonyl (C=O) groups is 1. The van der Waals surface area contributed by atoms with Crippen molar-refractivity contribution < 1.29 is 4.79 Å². The topological polar surface area (TPSA) is 17.1 Å². The summed E-state index contributed by atoms with van der Waals surface area (Å²) in [7, 11) is 0. The van der Waals surface area contributed by atoms with Gasteiger partial charge in [-0.25, -0.2) is 0 Å². The molecule has 1 aliphatic carbocycles. The maximum atomic E-state index is 11.9. The van der Waals surface area contributed by atoms with E-state index in [9.17, 15) is 4.79 Å². The second kappa shape index (κ2) is 2.76. The molecule has 1 saturated carbocycles. The van der Waals surface area contributed by atoms with Crippen LogP contribution < -0.4 is 0 Å². The summed E-state index contributed by atoms with van der Waals surface area (Å²) in [5.74, 6) is 2.82. The number of Topliss-reactive ketones (excluding diaryl/α,β-unsaturated/α-hetero) is 1. The Hall–Kier alpha value is 0.0200. The van der Waals surface area contributed by atoms with Crippen LogP contribution in [0.5, 0.6) is 0 Å². The van der Waals surface area contributed by atoms with E-state index < -0.39 is 0 Å². The molecular formula is C10H16OS. The van der Waals surface area contributed by atoms with E-state index in [0.29, 0.717) is 17.6 Å². The van der Waals surface area contributed by atoms with Crippen molar-refractivity contribution in [2.24, 2.45) is 11.8 Å². The van der Waals surface area contributed by atoms with Crippen LogP contribution >= 0.6 is 11.8 Å². The molecule has 1 nitrogen and oxygen atoms in total. The summed E-state index contributed by atoms with van der Waals surface area (Å²) in [6.45, 7) is 4.32. The minimum absolute atomic E-state index is 0.00454. The van der Waals surface area contributed by atoms with Gasteiger partial charge in [-0.05, 0) is 37.9 Å². The van der Waals surface area contributed by atoms with Crippen LogP contribution in [0.4, 0.5) is 0 Å². The zero-order chi connectivity index (χ0) is 8.77. The van der Waals surface area contributed by atoms with Gasteiger partial charge >= 0.3 is 0 Å². The molecule has 2 heteroatoms. The predicted octanol–water partition coefficient (Wildman–Crippen LogP) is 2.50. The first-order valence-corrected chi connectivity index (χ1v) is 5.80. The van der Waals surface area contributed by atoms with E-state index in [1.807, 2.05) is 11.8 Å².